The number of hydrogen-bond donors (Lipinski definition) is 0. The van der Waals surface area contributed by atoms with E-state index in [-0.39, 0.29) is 10.8 Å². The van der Waals surface area contributed by atoms with Crippen molar-refractivity contribution in [1.82, 2.24) is 4.31 Å². The summed E-state index contributed by atoms with van der Waals surface area (Å²) in [7, 11) is -3.57. The van der Waals surface area contributed by atoms with Gasteiger partial charge in [0.1, 0.15) is 0 Å². The predicted molar refractivity (Wildman–Crippen MR) is 113 cm³/mol. The number of rotatable bonds is 3. The Labute approximate surface area is 174 Å². The van der Waals surface area contributed by atoms with E-state index in [0.29, 0.717) is 29.7 Å². The Morgan fingerprint density at radius 1 is 1.04 bits per heavy atom. The van der Waals surface area contributed by atoms with E-state index >= 15 is 0 Å². The van der Waals surface area contributed by atoms with E-state index in [1.807, 2.05) is 19.1 Å². The largest absolute Gasteiger partial charge is 0.308 e. The molecule has 2 aromatic rings. The first-order chi connectivity index (χ1) is 13.4. The van der Waals surface area contributed by atoms with Crippen LogP contribution in [-0.2, 0) is 16.4 Å². The Hall–Kier alpha value is -1.70. The van der Waals surface area contributed by atoms with Gasteiger partial charge in [-0.15, -0.1) is 0 Å². The van der Waals surface area contributed by atoms with Crippen LogP contribution in [0, 0.1) is 6.92 Å². The van der Waals surface area contributed by atoms with E-state index in [9.17, 15) is 13.2 Å². The van der Waals surface area contributed by atoms with Crippen molar-refractivity contribution >= 4 is 37.5 Å². The maximum Gasteiger partial charge on any atom is 0.259 e. The number of carbonyl (C=O) groups excluding carboxylic acids is 1. The van der Waals surface area contributed by atoms with Gasteiger partial charge in [-0.3, -0.25) is 4.79 Å². The molecule has 2 aliphatic heterocycles. The summed E-state index contributed by atoms with van der Waals surface area (Å²) >= 11 is 3.45. The van der Waals surface area contributed by atoms with Crippen molar-refractivity contribution in [2.45, 2.75) is 37.5 Å². The maximum atomic E-state index is 13.4. The van der Waals surface area contributed by atoms with Crippen LogP contribution in [0.2, 0.25) is 0 Å². The van der Waals surface area contributed by atoms with E-state index in [4.69, 9.17) is 0 Å². The molecule has 0 aliphatic carbocycles. The van der Waals surface area contributed by atoms with Crippen molar-refractivity contribution in [2.75, 3.05) is 24.5 Å². The number of para-hydroxylation sites is 1. The van der Waals surface area contributed by atoms with Crippen molar-refractivity contribution in [3.05, 3.63) is 57.6 Å². The van der Waals surface area contributed by atoms with Gasteiger partial charge in [0.05, 0.1) is 16.1 Å². The lowest BCUT2D eigenvalue weighted by molar-refractivity contribution is 0.0984. The highest BCUT2D eigenvalue weighted by molar-refractivity contribution is 9.10. The number of halogens is 1. The zero-order valence-corrected chi connectivity index (χ0v) is 18.2. The second-order valence-electron chi connectivity index (χ2n) is 7.40. The van der Waals surface area contributed by atoms with Gasteiger partial charge in [0.2, 0.25) is 10.0 Å². The molecule has 0 N–H and O–H groups in total. The second kappa shape index (κ2) is 7.61. The molecular formula is C21H23BrN2O3S. The maximum absolute atomic E-state index is 13.4. The van der Waals surface area contributed by atoms with Crippen LogP contribution in [0.4, 0.5) is 5.69 Å². The van der Waals surface area contributed by atoms with Gasteiger partial charge in [-0.25, -0.2) is 8.42 Å². The van der Waals surface area contributed by atoms with Crippen LogP contribution in [0.15, 0.2) is 45.8 Å². The number of amides is 1. The van der Waals surface area contributed by atoms with Gasteiger partial charge in [0.25, 0.3) is 5.91 Å². The SMILES string of the molecule is Cc1cccc2c1N(C(=O)c1cc(S(=O)(=O)N3CCCC3)ccc1Br)CCC2. The van der Waals surface area contributed by atoms with Crippen LogP contribution in [0.5, 0.6) is 0 Å². The molecule has 0 spiro atoms. The minimum absolute atomic E-state index is 0.166. The third kappa shape index (κ3) is 3.40. The van der Waals surface area contributed by atoms with Gasteiger partial charge < -0.3 is 4.90 Å². The Bertz CT molecular complexity index is 1030. The molecule has 0 radical (unpaired) electrons. The molecule has 0 aromatic heterocycles. The first-order valence-electron chi connectivity index (χ1n) is 9.59. The van der Waals surface area contributed by atoms with Crippen LogP contribution in [0.3, 0.4) is 0 Å². The first kappa shape index (κ1) is 19.6. The molecule has 0 atom stereocenters. The van der Waals surface area contributed by atoms with Gasteiger partial charge in [0, 0.05) is 24.1 Å². The molecule has 5 nitrogen and oxygen atoms in total. The van der Waals surface area contributed by atoms with Gasteiger partial charge in [-0.1, -0.05) is 18.2 Å². The number of nitrogens with zero attached hydrogens (tertiary/aromatic N) is 2. The lowest BCUT2D eigenvalue weighted by atomic mass is 9.97. The molecular weight excluding hydrogens is 440 g/mol. The minimum Gasteiger partial charge on any atom is -0.308 e. The summed E-state index contributed by atoms with van der Waals surface area (Å²) in [5.74, 6) is -0.166. The standard InChI is InChI=1S/C21H23BrN2O3S/c1-15-6-4-7-16-8-5-13-24(20(15)16)21(25)18-14-17(9-10-19(18)22)28(26,27)23-11-2-3-12-23/h4,6-7,9-10,14H,2-3,5,8,11-13H2,1H3. The topological polar surface area (TPSA) is 57.7 Å². The minimum atomic E-state index is -3.57. The van der Waals surface area contributed by atoms with Crippen molar-refractivity contribution in [3.8, 4) is 0 Å². The fourth-order valence-corrected chi connectivity index (χ4v) is 6.06. The molecule has 0 saturated carbocycles. The first-order valence-corrected chi connectivity index (χ1v) is 11.8. The number of anilines is 1. The van der Waals surface area contributed by atoms with Crippen LogP contribution < -0.4 is 4.90 Å². The van der Waals surface area contributed by atoms with Crippen LogP contribution in [-0.4, -0.2) is 38.3 Å². The number of hydrogen-bond acceptors (Lipinski definition) is 3. The molecule has 1 amide bonds. The van der Waals surface area contributed by atoms with Gasteiger partial charge in [0.15, 0.2) is 0 Å². The Morgan fingerprint density at radius 3 is 2.54 bits per heavy atom. The quantitative estimate of drug-likeness (QED) is 0.688. The van der Waals surface area contributed by atoms with Gasteiger partial charge in [-0.05, 0) is 77.9 Å². The number of carbonyl (C=O) groups is 1. The molecule has 7 heteroatoms. The summed E-state index contributed by atoms with van der Waals surface area (Å²) in [6, 6.07) is 10.8. The van der Waals surface area contributed by atoms with Gasteiger partial charge in [-0.2, -0.15) is 4.31 Å². The highest BCUT2D eigenvalue weighted by atomic mass is 79.9. The van der Waals surface area contributed by atoms with E-state index in [2.05, 4.69) is 22.0 Å². The Morgan fingerprint density at radius 2 is 1.79 bits per heavy atom. The average Bonchev–Trinajstić information content (AvgIpc) is 3.23. The summed E-state index contributed by atoms with van der Waals surface area (Å²) in [6.45, 7) is 3.72. The number of benzene rings is 2. The molecule has 1 saturated heterocycles. The molecule has 0 unspecified atom stereocenters. The van der Waals surface area contributed by atoms with E-state index < -0.39 is 10.0 Å². The summed E-state index contributed by atoms with van der Waals surface area (Å²) in [5.41, 5.74) is 3.56. The van der Waals surface area contributed by atoms with Crippen molar-refractivity contribution < 1.29 is 13.2 Å². The summed E-state index contributed by atoms with van der Waals surface area (Å²) in [4.78, 5) is 15.4. The molecule has 28 heavy (non-hydrogen) atoms. The predicted octanol–water partition coefficient (Wildman–Crippen LogP) is 4.14. The monoisotopic (exact) mass is 462 g/mol. The zero-order valence-electron chi connectivity index (χ0n) is 15.8. The third-order valence-corrected chi connectivity index (χ3v) is 8.12. The smallest absolute Gasteiger partial charge is 0.259 e. The van der Waals surface area contributed by atoms with Crippen molar-refractivity contribution in [2.24, 2.45) is 0 Å². The average molecular weight is 463 g/mol. The van der Waals surface area contributed by atoms with Crippen molar-refractivity contribution in [3.63, 3.8) is 0 Å². The molecule has 148 valence electrons. The number of fused-ring (bicyclic) bond motifs is 1. The number of sulfonamides is 1. The van der Waals surface area contributed by atoms with E-state index in [1.165, 1.54) is 10.4 Å². The molecule has 4 rings (SSSR count). The van der Waals surface area contributed by atoms with Gasteiger partial charge >= 0.3 is 0 Å². The summed E-state index contributed by atoms with van der Waals surface area (Å²) < 4.78 is 28.0. The summed E-state index contributed by atoms with van der Waals surface area (Å²) in [6.07, 6.45) is 3.60. The normalized spacial score (nSPS) is 17.6. The molecule has 2 aromatic carbocycles. The zero-order chi connectivity index (χ0) is 19.9. The second-order valence-corrected chi connectivity index (χ2v) is 10.2. The highest BCUT2D eigenvalue weighted by Crippen LogP contribution is 2.33. The van der Waals surface area contributed by atoms with Crippen molar-refractivity contribution in [1.29, 1.82) is 0 Å². The highest BCUT2D eigenvalue weighted by Gasteiger charge is 2.30. The number of aryl methyl sites for hydroxylation is 2. The molecule has 0 bridgehead atoms. The van der Waals surface area contributed by atoms with Crippen LogP contribution in [0.1, 0.15) is 40.7 Å². The lowest BCUT2D eigenvalue weighted by Gasteiger charge is -2.31. The molecule has 2 aliphatic rings. The van der Waals surface area contributed by atoms with Crippen LogP contribution >= 0.6 is 15.9 Å². The fourth-order valence-electron chi connectivity index (χ4n) is 4.10. The lowest BCUT2D eigenvalue weighted by Crippen LogP contribution is -2.36. The van der Waals surface area contributed by atoms with Crippen LogP contribution in [0.25, 0.3) is 0 Å². The Kier molecular flexibility index (Phi) is 5.33. The summed E-state index contributed by atoms with van der Waals surface area (Å²) in [5, 5.41) is 0. The molecule has 2 heterocycles. The molecule has 1 fully saturated rings. The Balaban J connectivity index is 1.74. The fraction of sp³-hybridized carbons (Fsp3) is 0.381. The third-order valence-electron chi connectivity index (χ3n) is 5.54. The van der Waals surface area contributed by atoms with E-state index in [0.717, 1.165) is 42.5 Å². The van der Waals surface area contributed by atoms with E-state index in [1.54, 1.807) is 17.0 Å².